The average molecular weight is 339 g/mol. The third kappa shape index (κ3) is 3.63. The number of nitrogens with zero attached hydrogens (tertiary/aromatic N) is 2. The fourth-order valence-electron chi connectivity index (χ4n) is 2.95. The number of carbonyl (C=O) groups excluding carboxylic acids is 2. The highest BCUT2D eigenvalue weighted by Crippen LogP contribution is 2.24. The summed E-state index contributed by atoms with van der Waals surface area (Å²) in [4.78, 5) is 31.0. The molecule has 0 bridgehead atoms. The molecule has 0 spiro atoms. The number of rotatable bonds is 4. The number of anilines is 2. The lowest BCUT2D eigenvalue weighted by molar-refractivity contribution is 0.0600. The Labute approximate surface area is 146 Å². The molecule has 1 N–H and O–H groups in total. The quantitative estimate of drug-likeness (QED) is 0.867. The van der Waals surface area contributed by atoms with Gasteiger partial charge in [-0.2, -0.15) is 0 Å². The maximum absolute atomic E-state index is 12.8. The van der Waals surface area contributed by atoms with Gasteiger partial charge in [0.2, 0.25) is 0 Å². The maximum atomic E-state index is 12.8. The van der Waals surface area contributed by atoms with Crippen molar-refractivity contribution in [2.75, 3.05) is 30.4 Å². The number of aromatic nitrogens is 1. The minimum absolute atomic E-state index is 0.236. The lowest BCUT2D eigenvalue weighted by Crippen LogP contribution is -2.24. The number of methoxy groups -OCH3 is 1. The second-order valence-electron chi connectivity index (χ2n) is 6.04. The summed E-state index contributed by atoms with van der Waals surface area (Å²) in [6.07, 6.45) is 3.92. The standard InChI is InChI=1S/C19H21N3O3/c1-13-7-8-14(19(24)25-2)12-16(13)21-18(23)15-6-5-9-20-17(15)22-10-3-4-11-22/h5-9,12H,3-4,10-11H2,1-2H3,(H,21,23). The zero-order valence-electron chi connectivity index (χ0n) is 14.4. The third-order valence-electron chi connectivity index (χ3n) is 4.34. The van der Waals surface area contributed by atoms with E-state index in [1.54, 1.807) is 36.5 Å². The number of pyridine rings is 1. The van der Waals surface area contributed by atoms with Crippen LogP contribution in [0.25, 0.3) is 0 Å². The van der Waals surface area contributed by atoms with Crippen LogP contribution in [0.5, 0.6) is 0 Å². The van der Waals surface area contributed by atoms with Gasteiger partial charge in [-0.25, -0.2) is 9.78 Å². The van der Waals surface area contributed by atoms with Gasteiger partial charge in [0.25, 0.3) is 5.91 Å². The lowest BCUT2D eigenvalue weighted by Gasteiger charge is -2.19. The summed E-state index contributed by atoms with van der Waals surface area (Å²) in [5.74, 6) is 0.0361. The van der Waals surface area contributed by atoms with Gasteiger partial charge < -0.3 is 15.0 Å². The molecule has 3 rings (SSSR count). The minimum Gasteiger partial charge on any atom is -0.465 e. The molecule has 1 aliphatic rings. The van der Waals surface area contributed by atoms with Crippen LogP contribution in [0.4, 0.5) is 11.5 Å². The molecule has 0 unspecified atom stereocenters. The van der Waals surface area contributed by atoms with Crippen molar-refractivity contribution >= 4 is 23.4 Å². The van der Waals surface area contributed by atoms with E-state index in [9.17, 15) is 9.59 Å². The molecule has 1 aromatic heterocycles. The van der Waals surface area contributed by atoms with E-state index in [0.29, 0.717) is 22.6 Å². The number of amides is 1. The molecule has 130 valence electrons. The van der Waals surface area contributed by atoms with Gasteiger partial charge in [0.05, 0.1) is 18.2 Å². The number of hydrogen-bond acceptors (Lipinski definition) is 5. The Balaban J connectivity index is 1.87. The Kier molecular flexibility index (Phi) is 4.97. The van der Waals surface area contributed by atoms with Crippen molar-refractivity contribution in [3.05, 3.63) is 53.2 Å². The summed E-state index contributed by atoms with van der Waals surface area (Å²) in [6, 6.07) is 8.62. The number of nitrogens with one attached hydrogen (secondary N) is 1. The minimum atomic E-state index is -0.436. The van der Waals surface area contributed by atoms with Crippen molar-refractivity contribution in [1.82, 2.24) is 4.98 Å². The number of esters is 1. The second-order valence-corrected chi connectivity index (χ2v) is 6.04. The van der Waals surface area contributed by atoms with Crippen molar-refractivity contribution in [1.29, 1.82) is 0 Å². The Morgan fingerprint density at radius 3 is 2.68 bits per heavy atom. The van der Waals surface area contributed by atoms with Gasteiger partial charge in [0.1, 0.15) is 5.82 Å². The van der Waals surface area contributed by atoms with Crippen LogP contribution in [-0.4, -0.2) is 37.1 Å². The van der Waals surface area contributed by atoms with E-state index in [-0.39, 0.29) is 5.91 Å². The molecular weight excluding hydrogens is 318 g/mol. The predicted molar refractivity (Wildman–Crippen MR) is 96.2 cm³/mol. The molecule has 1 amide bonds. The fourth-order valence-corrected chi connectivity index (χ4v) is 2.95. The van der Waals surface area contributed by atoms with Crippen LogP contribution in [0.1, 0.15) is 39.1 Å². The van der Waals surface area contributed by atoms with Crippen LogP contribution in [-0.2, 0) is 4.74 Å². The molecule has 1 fully saturated rings. The summed E-state index contributed by atoms with van der Waals surface area (Å²) < 4.78 is 4.74. The third-order valence-corrected chi connectivity index (χ3v) is 4.34. The Morgan fingerprint density at radius 2 is 1.96 bits per heavy atom. The molecular formula is C19H21N3O3. The van der Waals surface area contributed by atoms with Crippen molar-refractivity contribution in [3.63, 3.8) is 0 Å². The van der Waals surface area contributed by atoms with Crippen molar-refractivity contribution in [2.24, 2.45) is 0 Å². The van der Waals surface area contributed by atoms with Crippen LogP contribution in [0.3, 0.4) is 0 Å². The van der Waals surface area contributed by atoms with Crippen LogP contribution in [0.15, 0.2) is 36.5 Å². The Morgan fingerprint density at radius 1 is 1.20 bits per heavy atom. The first-order valence-electron chi connectivity index (χ1n) is 8.30. The molecule has 0 radical (unpaired) electrons. The first kappa shape index (κ1) is 17.0. The highest BCUT2D eigenvalue weighted by Gasteiger charge is 2.21. The Hall–Kier alpha value is -2.89. The molecule has 2 heterocycles. The van der Waals surface area contributed by atoms with E-state index in [0.717, 1.165) is 31.5 Å². The van der Waals surface area contributed by atoms with E-state index in [4.69, 9.17) is 4.74 Å². The predicted octanol–water partition coefficient (Wildman–Crippen LogP) is 3.03. The molecule has 1 saturated heterocycles. The SMILES string of the molecule is COC(=O)c1ccc(C)c(NC(=O)c2cccnc2N2CCCC2)c1. The highest BCUT2D eigenvalue weighted by atomic mass is 16.5. The van der Waals surface area contributed by atoms with Gasteiger partial charge in [-0.15, -0.1) is 0 Å². The molecule has 2 aromatic rings. The van der Waals surface area contributed by atoms with E-state index in [1.807, 2.05) is 6.92 Å². The number of hydrogen-bond donors (Lipinski definition) is 1. The molecule has 0 saturated carbocycles. The summed E-state index contributed by atoms with van der Waals surface area (Å²) in [6.45, 7) is 3.70. The van der Waals surface area contributed by atoms with Crippen molar-refractivity contribution < 1.29 is 14.3 Å². The highest BCUT2D eigenvalue weighted by molar-refractivity contribution is 6.08. The maximum Gasteiger partial charge on any atom is 0.337 e. The summed E-state index contributed by atoms with van der Waals surface area (Å²) in [5, 5.41) is 2.90. The zero-order chi connectivity index (χ0) is 17.8. The van der Waals surface area contributed by atoms with E-state index in [1.165, 1.54) is 7.11 Å². The van der Waals surface area contributed by atoms with Gasteiger partial charge in [-0.05, 0) is 49.6 Å². The Bertz CT molecular complexity index is 798. The molecule has 0 aliphatic carbocycles. The number of aryl methyl sites for hydroxylation is 1. The number of ether oxygens (including phenoxy) is 1. The average Bonchev–Trinajstić information content (AvgIpc) is 3.17. The van der Waals surface area contributed by atoms with Gasteiger partial charge in [-0.1, -0.05) is 6.07 Å². The van der Waals surface area contributed by atoms with Crippen LogP contribution in [0.2, 0.25) is 0 Å². The molecule has 25 heavy (non-hydrogen) atoms. The van der Waals surface area contributed by atoms with Crippen molar-refractivity contribution in [2.45, 2.75) is 19.8 Å². The molecule has 6 heteroatoms. The van der Waals surface area contributed by atoms with Crippen LogP contribution in [0, 0.1) is 6.92 Å². The normalized spacial score (nSPS) is 13.6. The van der Waals surface area contributed by atoms with Gasteiger partial charge >= 0.3 is 5.97 Å². The summed E-state index contributed by atoms with van der Waals surface area (Å²) in [5.41, 5.74) is 2.39. The fraction of sp³-hybridized carbons (Fsp3) is 0.316. The van der Waals surface area contributed by atoms with E-state index >= 15 is 0 Å². The van der Waals surface area contributed by atoms with Gasteiger partial charge in [0, 0.05) is 25.0 Å². The number of benzene rings is 1. The van der Waals surface area contributed by atoms with Crippen molar-refractivity contribution in [3.8, 4) is 0 Å². The zero-order valence-corrected chi connectivity index (χ0v) is 14.4. The lowest BCUT2D eigenvalue weighted by atomic mass is 10.1. The monoisotopic (exact) mass is 339 g/mol. The molecule has 1 aliphatic heterocycles. The first-order chi connectivity index (χ1) is 12.1. The van der Waals surface area contributed by atoms with Crippen LogP contribution < -0.4 is 10.2 Å². The first-order valence-corrected chi connectivity index (χ1v) is 8.30. The summed E-state index contributed by atoms with van der Waals surface area (Å²) >= 11 is 0. The number of carbonyl (C=O) groups is 2. The molecule has 1 aromatic carbocycles. The smallest absolute Gasteiger partial charge is 0.337 e. The van der Waals surface area contributed by atoms with E-state index in [2.05, 4.69) is 15.2 Å². The molecule has 0 atom stereocenters. The summed E-state index contributed by atoms with van der Waals surface area (Å²) in [7, 11) is 1.33. The van der Waals surface area contributed by atoms with Crippen LogP contribution >= 0.6 is 0 Å². The van der Waals surface area contributed by atoms with Gasteiger partial charge in [0.15, 0.2) is 0 Å². The largest absolute Gasteiger partial charge is 0.465 e. The van der Waals surface area contributed by atoms with E-state index < -0.39 is 5.97 Å². The second kappa shape index (κ2) is 7.34. The van der Waals surface area contributed by atoms with Gasteiger partial charge in [-0.3, -0.25) is 4.79 Å². The topological polar surface area (TPSA) is 71.5 Å². The molecule has 6 nitrogen and oxygen atoms in total.